The zero-order chi connectivity index (χ0) is 26.5. The van der Waals surface area contributed by atoms with E-state index in [9.17, 15) is 9.90 Å². The minimum atomic E-state index is -0.907. The second-order valence-corrected chi connectivity index (χ2v) is 10.7. The number of carboxylic acid groups (broad SMARTS) is 1. The Morgan fingerprint density at radius 3 is 2.61 bits per heavy atom. The fourth-order valence-corrected chi connectivity index (χ4v) is 5.92. The Kier molecular flexibility index (Phi) is 8.11. The summed E-state index contributed by atoms with van der Waals surface area (Å²) in [6.45, 7) is 5.27. The van der Waals surface area contributed by atoms with Gasteiger partial charge in [-0.2, -0.15) is 0 Å². The third-order valence-electron chi connectivity index (χ3n) is 8.00. The smallest absolute Gasteiger partial charge is 0.336 e. The highest BCUT2D eigenvalue weighted by atomic mass is 16.4. The SMILES string of the molecule is CCCCc1nc2ccc(NCCC3CCCCC3)cc2n1-c1ccc(-c2ccccc2C(=O)O)c(C)c1. The van der Waals surface area contributed by atoms with Gasteiger partial charge in [-0.3, -0.25) is 4.57 Å². The molecule has 5 nitrogen and oxygen atoms in total. The number of aryl methyl sites for hydroxylation is 2. The molecule has 0 saturated heterocycles. The van der Waals surface area contributed by atoms with Crippen molar-refractivity contribution in [3.8, 4) is 16.8 Å². The van der Waals surface area contributed by atoms with Gasteiger partial charge in [-0.05, 0) is 78.8 Å². The maximum Gasteiger partial charge on any atom is 0.336 e. The molecule has 0 amide bonds. The molecular formula is C33H39N3O2. The lowest BCUT2D eigenvalue weighted by Gasteiger charge is -2.21. The van der Waals surface area contributed by atoms with Crippen LogP contribution >= 0.6 is 0 Å². The van der Waals surface area contributed by atoms with E-state index in [1.807, 2.05) is 18.2 Å². The summed E-state index contributed by atoms with van der Waals surface area (Å²) in [6.07, 6.45) is 11.3. The first-order chi connectivity index (χ1) is 18.5. The maximum atomic E-state index is 11.8. The summed E-state index contributed by atoms with van der Waals surface area (Å²) in [5.74, 6) is 1.02. The van der Waals surface area contributed by atoms with Crippen LogP contribution in [0.25, 0.3) is 27.8 Å². The summed E-state index contributed by atoms with van der Waals surface area (Å²) in [6, 6.07) is 20.1. The first-order valence-corrected chi connectivity index (χ1v) is 14.2. The minimum Gasteiger partial charge on any atom is -0.478 e. The molecule has 1 aliphatic rings. The van der Waals surface area contributed by atoms with E-state index in [0.717, 1.165) is 76.6 Å². The van der Waals surface area contributed by atoms with Crippen LogP contribution in [0.5, 0.6) is 0 Å². The standard InChI is InChI=1S/C33H39N3O2/c1-3-4-14-32-35-30-18-15-25(34-20-19-24-10-6-5-7-11-24)22-31(30)36(32)26-16-17-27(23(2)21-26)28-12-8-9-13-29(28)33(37)38/h8-9,12-13,15-18,21-22,24,34H,3-7,10-11,14,19-20H2,1-2H3,(H,37,38). The average Bonchev–Trinajstić information content (AvgIpc) is 3.30. The van der Waals surface area contributed by atoms with E-state index >= 15 is 0 Å². The van der Waals surface area contributed by atoms with E-state index in [-0.39, 0.29) is 0 Å². The van der Waals surface area contributed by atoms with Gasteiger partial charge in [0.25, 0.3) is 0 Å². The molecular weight excluding hydrogens is 470 g/mol. The quantitative estimate of drug-likeness (QED) is 0.225. The van der Waals surface area contributed by atoms with E-state index in [1.54, 1.807) is 12.1 Å². The monoisotopic (exact) mass is 509 g/mol. The molecule has 1 heterocycles. The van der Waals surface area contributed by atoms with Crippen LogP contribution in [0, 0.1) is 12.8 Å². The van der Waals surface area contributed by atoms with Gasteiger partial charge >= 0.3 is 5.97 Å². The zero-order valence-electron chi connectivity index (χ0n) is 22.7. The number of benzene rings is 3. The van der Waals surface area contributed by atoms with Crippen LogP contribution < -0.4 is 5.32 Å². The van der Waals surface area contributed by atoms with Gasteiger partial charge in [-0.25, -0.2) is 9.78 Å². The lowest BCUT2D eigenvalue weighted by molar-refractivity contribution is 0.0697. The summed E-state index contributed by atoms with van der Waals surface area (Å²) >= 11 is 0. The molecule has 2 N–H and O–H groups in total. The number of fused-ring (bicyclic) bond motifs is 1. The van der Waals surface area contributed by atoms with Crippen molar-refractivity contribution in [1.29, 1.82) is 0 Å². The van der Waals surface area contributed by atoms with Crippen LogP contribution in [0.15, 0.2) is 60.7 Å². The lowest BCUT2D eigenvalue weighted by Crippen LogP contribution is -2.12. The fourth-order valence-electron chi connectivity index (χ4n) is 5.92. The number of hydrogen-bond donors (Lipinski definition) is 2. The average molecular weight is 510 g/mol. The number of nitrogens with zero attached hydrogens (tertiary/aromatic N) is 2. The molecule has 0 atom stereocenters. The van der Waals surface area contributed by atoms with Gasteiger partial charge in [0.2, 0.25) is 0 Å². The van der Waals surface area contributed by atoms with Gasteiger partial charge in [0, 0.05) is 24.3 Å². The number of rotatable bonds is 10. The van der Waals surface area contributed by atoms with Crippen LogP contribution in [0.2, 0.25) is 0 Å². The molecule has 0 unspecified atom stereocenters. The summed E-state index contributed by atoms with van der Waals surface area (Å²) in [5.41, 5.74) is 7.37. The van der Waals surface area contributed by atoms with E-state index in [0.29, 0.717) is 5.56 Å². The summed E-state index contributed by atoms with van der Waals surface area (Å²) in [5, 5.41) is 13.4. The highest BCUT2D eigenvalue weighted by Gasteiger charge is 2.17. The maximum absolute atomic E-state index is 11.8. The molecule has 4 aromatic rings. The number of nitrogens with one attached hydrogen (secondary N) is 1. The van der Waals surface area contributed by atoms with Crippen LogP contribution in [-0.2, 0) is 6.42 Å². The van der Waals surface area contributed by atoms with Crippen molar-refractivity contribution in [3.05, 3.63) is 77.6 Å². The summed E-state index contributed by atoms with van der Waals surface area (Å²) in [7, 11) is 0. The number of hydrogen-bond acceptors (Lipinski definition) is 3. The number of aromatic nitrogens is 2. The van der Waals surface area contributed by atoms with Gasteiger partial charge in [0.15, 0.2) is 0 Å². The second-order valence-electron chi connectivity index (χ2n) is 10.7. The van der Waals surface area contributed by atoms with E-state index in [2.05, 4.69) is 54.1 Å². The van der Waals surface area contributed by atoms with Gasteiger partial charge in [-0.1, -0.05) is 69.7 Å². The van der Waals surface area contributed by atoms with E-state index in [1.165, 1.54) is 38.5 Å². The Labute approximate surface area is 225 Å². The predicted molar refractivity (Wildman–Crippen MR) is 156 cm³/mol. The minimum absolute atomic E-state index is 0.323. The molecule has 3 aromatic carbocycles. The third kappa shape index (κ3) is 5.62. The largest absolute Gasteiger partial charge is 0.478 e. The first kappa shape index (κ1) is 26.0. The lowest BCUT2D eigenvalue weighted by atomic mass is 9.87. The van der Waals surface area contributed by atoms with Gasteiger partial charge < -0.3 is 10.4 Å². The van der Waals surface area contributed by atoms with Crippen LogP contribution in [0.4, 0.5) is 5.69 Å². The number of carboxylic acids is 1. The Morgan fingerprint density at radius 1 is 1.03 bits per heavy atom. The van der Waals surface area contributed by atoms with Crippen LogP contribution in [0.3, 0.4) is 0 Å². The van der Waals surface area contributed by atoms with Crippen molar-refractivity contribution in [2.75, 3.05) is 11.9 Å². The van der Waals surface area contributed by atoms with Gasteiger partial charge in [0.1, 0.15) is 5.82 Å². The number of anilines is 1. The van der Waals surface area contributed by atoms with Crippen LogP contribution in [-0.4, -0.2) is 27.2 Å². The number of unbranched alkanes of at least 4 members (excludes halogenated alkanes) is 1. The van der Waals surface area contributed by atoms with Crippen molar-refractivity contribution in [1.82, 2.24) is 9.55 Å². The molecule has 5 heteroatoms. The molecule has 1 aromatic heterocycles. The molecule has 38 heavy (non-hydrogen) atoms. The number of carbonyl (C=O) groups is 1. The molecule has 1 fully saturated rings. The molecule has 5 rings (SSSR count). The summed E-state index contributed by atoms with van der Waals surface area (Å²) in [4.78, 5) is 16.9. The number of imidazole rings is 1. The highest BCUT2D eigenvalue weighted by molar-refractivity contribution is 5.96. The molecule has 1 saturated carbocycles. The summed E-state index contributed by atoms with van der Waals surface area (Å²) < 4.78 is 2.29. The van der Waals surface area contributed by atoms with Crippen molar-refractivity contribution in [2.24, 2.45) is 5.92 Å². The van der Waals surface area contributed by atoms with Gasteiger partial charge in [0.05, 0.1) is 16.6 Å². The normalized spacial score (nSPS) is 14.2. The Balaban J connectivity index is 1.48. The van der Waals surface area contributed by atoms with Crippen molar-refractivity contribution in [3.63, 3.8) is 0 Å². The third-order valence-corrected chi connectivity index (χ3v) is 8.00. The topological polar surface area (TPSA) is 67.2 Å². The molecule has 1 aliphatic carbocycles. The molecule has 0 bridgehead atoms. The second kappa shape index (κ2) is 11.8. The van der Waals surface area contributed by atoms with Crippen LogP contribution in [0.1, 0.15) is 80.0 Å². The molecule has 0 spiro atoms. The highest BCUT2D eigenvalue weighted by Crippen LogP contribution is 2.32. The Bertz CT molecular complexity index is 1420. The van der Waals surface area contributed by atoms with Gasteiger partial charge in [-0.15, -0.1) is 0 Å². The molecule has 0 aliphatic heterocycles. The fraction of sp³-hybridized carbons (Fsp3) is 0.394. The molecule has 0 radical (unpaired) electrons. The zero-order valence-corrected chi connectivity index (χ0v) is 22.7. The van der Waals surface area contributed by atoms with Crippen molar-refractivity contribution >= 4 is 22.7 Å². The van der Waals surface area contributed by atoms with E-state index < -0.39 is 5.97 Å². The number of aromatic carboxylic acids is 1. The van der Waals surface area contributed by atoms with E-state index in [4.69, 9.17) is 4.98 Å². The van der Waals surface area contributed by atoms with Crippen molar-refractivity contribution in [2.45, 2.75) is 71.6 Å². The van der Waals surface area contributed by atoms with Crippen molar-refractivity contribution < 1.29 is 9.90 Å². The predicted octanol–water partition coefficient (Wildman–Crippen LogP) is 8.42. The Hall–Kier alpha value is -3.60. The Morgan fingerprint density at radius 2 is 1.84 bits per heavy atom. The first-order valence-electron chi connectivity index (χ1n) is 14.2. The molecule has 198 valence electrons.